The standard InChI is InChI=1S/C18H26N4O3S/c1-5-22-15(23)14-13(8-10-26-14)20-16(22)21-9-6-7-12(11-21)19-17(24)25-18(2,3)4/h8,10,12H,5-7,9,11H2,1-4H3,(H,19,24). The van der Waals surface area contributed by atoms with Crippen molar-refractivity contribution in [3.63, 3.8) is 0 Å². The number of carbonyl (C=O) groups excluding carboxylic acids is 1. The molecule has 3 rings (SSSR count). The molecule has 0 spiro atoms. The molecule has 0 aromatic carbocycles. The monoisotopic (exact) mass is 378 g/mol. The summed E-state index contributed by atoms with van der Waals surface area (Å²) in [5.74, 6) is 0.680. The second-order valence-corrected chi connectivity index (χ2v) is 8.44. The van der Waals surface area contributed by atoms with Crippen LogP contribution in [-0.4, -0.2) is 40.4 Å². The molecule has 7 nitrogen and oxygen atoms in total. The zero-order chi connectivity index (χ0) is 18.9. The molecule has 142 valence electrons. The van der Waals surface area contributed by atoms with Gasteiger partial charge in [0, 0.05) is 25.7 Å². The fourth-order valence-corrected chi connectivity index (χ4v) is 3.99. The van der Waals surface area contributed by atoms with Gasteiger partial charge in [-0.15, -0.1) is 11.3 Å². The van der Waals surface area contributed by atoms with E-state index in [1.54, 1.807) is 4.57 Å². The quantitative estimate of drug-likeness (QED) is 0.889. The van der Waals surface area contributed by atoms with Gasteiger partial charge >= 0.3 is 6.09 Å². The van der Waals surface area contributed by atoms with Crippen LogP contribution in [0.4, 0.5) is 10.7 Å². The number of ether oxygens (including phenoxy) is 1. The molecule has 1 aliphatic heterocycles. The van der Waals surface area contributed by atoms with E-state index in [-0.39, 0.29) is 11.6 Å². The number of hydrogen-bond donors (Lipinski definition) is 1. The Morgan fingerprint density at radius 3 is 2.92 bits per heavy atom. The van der Waals surface area contributed by atoms with Gasteiger partial charge in [-0.2, -0.15) is 0 Å². The van der Waals surface area contributed by atoms with E-state index in [4.69, 9.17) is 9.72 Å². The Bertz CT molecular complexity index is 852. The van der Waals surface area contributed by atoms with E-state index >= 15 is 0 Å². The molecule has 2 aromatic rings. The van der Waals surface area contributed by atoms with Gasteiger partial charge in [0.2, 0.25) is 5.95 Å². The highest BCUT2D eigenvalue weighted by atomic mass is 32.1. The molecule has 1 saturated heterocycles. The topological polar surface area (TPSA) is 76.5 Å². The minimum atomic E-state index is -0.521. The molecule has 8 heteroatoms. The number of alkyl carbamates (subject to hydrolysis) is 1. The summed E-state index contributed by atoms with van der Waals surface area (Å²) in [5.41, 5.74) is 0.221. The highest BCUT2D eigenvalue weighted by molar-refractivity contribution is 7.17. The van der Waals surface area contributed by atoms with Crippen molar-refractivity contribution in [2.45, 2.75) is 58.7 Å². The Kier molecular flexibility index (Phi) is 5.22. The van der Waals surface area contributed by atoms with Crippen LogP contribution in [0.15, 0.2) is 16.2 Å². The normalized spacial score (nSPS) is 18.2. The summed E-state index contributed by atoms with van der Waals surface area (Å²) in [7, 11) is 0. The average molecular weight is 378 g/mol. The van der Waals surface area contributed by atoms with E-state index in [1.165, 1.54) is 11.3 Å². The van der Waals surface area contributed by atoms with E-state index < -0.39 is 11.7 Å². The highest BCUT2D eigenvalue weighted by Gasteiger charge is 2.27. The average Bonchev–Trinajstić information content (AvgIpc) is 3.02. The second-order valence-electron chi connectivity index (χ2n) is 7.53. The number of thiophene rings is 1. The predicted octanol–water partition coefficient (Wildman–Crippen LogP) is 2.97. The van der Waals surface area contributed by atoms with Gasteiger partial charge in [-0.3, -0.25) is 9.36 Å². The Balaban J connectivity index is 1.80. The lowest BCUT2D eigenvalue weighted by Gasteiger charge is -2.35. The van der Waals surface area contributed by atoms with Crippen molar-refractivity contribution in [3.8, 4) is 0 Å². The van der Waals surface area contributed by atoms with Crippen LogP contribution in [0.2, 0.25) is 0 Å². The minimum absolute atomic E-state index is 0.00437. The second kappa shape index (κ2) is 7.26. The molecule has 2 aromatic heterocycles. The van der Waals surface area contributed by atoms with Gasteiger partial charge in [0.05, 0.1) is 5.52 Å². The van der Waals surface area contributed by atoms with E-state index in [9.17, 15) is 9.59 Å². The maximum atomic E-state index is 12.7. The third kappa shape index (κ3) is 4.00. The molecule has 0 aliphatic carbocycles. The van der Waals surface area contributed by atoms with Gasteiger partial charge in [0.1, 0.15) is 10.3 Å². The van der Waals surface area contributed by atoms with Gasteiger partial charge in [0.15, 0.2) is 0 Å². The van der Waals surface area contributed by atoms with Crippen molar-refractivity contribution in [3.05, 3.63) is 21.8 Å². The highest BCUT2D eigenvalue weighted by Crippen LogP contribution is 2.22. The van der Waals surface area contributed by atoms with Crippen LogP contribution in [0.3, 0.4) is 0 Å². The predicted molar refractivity (Wildman–Crippen MR) is 104 cm³/mol. The number of nitrogens with one attached hydrogen (secondary N) is 1. The molecule has 0 bridgehead atoms. The fourth-order valence-electron chi connectivity index (χ4n) is 3.21. The number of hydrogen-bond acceptors (Lipinski definition) is 6. The zero-order valence-electron chi connectivity index (χ0n) is 15.7. The Morgan fingerprint density at radius 2 is 2.23 bits per heavy atom. The lowest BCUT2D eigenvalue weighted by Crippen LogP contribution is -2.50. The Morgan fingerprint density at radius 1 is 1.46 bits per heavy atom. The van der Waals surface area contributed by atoms with Crippen molar-refractivity contribution in [1.82, 2.24) is 14.9 Å². The van der Waals surface area contributed by atoms with Crippen LogP contribution in [0.1, 0.15) is 40.5 Å². The summed E-state index contributed by atoms with van der Waals surface area (Å²) in [4.78, 5) is 31.6. The van der Waals surface area contributed by atoms with Crippen molar-refractivity contribution in [2.24, 2.45) is 0 Å². The van der Waals surface area contributed by atoms with Crippen LogP contribution in [-0.2, 0) is 11.3 Å². The Labute approximate surface area is 157 Å². The molecule has 26 heavy (non-hydrogen) atoms. The van der Waals surface area contributed by atoms with Crippen LogP contribution in [0, 0.1) is 0 Å². The van der Waals surface area contributed by atoms with Gasteiger partial charge in [-0.1, -0.05) is 0 Å². The Hall–Kier alpha value is -2.09. The van der Waals surface area contributed by atoms with Gasteiger partial charge < -0.3 is 15.0 Å². The minimum Gasteiger partial charge on any atom is -0.444 e. The van der Waals surface area contributed by atoms with Gasteiger partial charge in [0.25, 0.3) is 5.56 Å². The fraction of sp³-hybridized carbons (Fsp3) is 0.611. The number of amides is 1. The largest absolute Gasteiger partial charge is 0.444 e. The summed E-state index contributed by atoms with van der Waals surface area (Å²) in [5, 5.41) is 4.84. The van der Waals surface area contributed by atoms with E-state index in [2.05, 4.69) is 10.2 Å². The zero-order valence-corrected chi connectivity index (χ0v) is 16.6. The van der Waals surface area contributed by atoms with E-state index in [1.807, 2.05) is 39.1 Å². The molecule has 1 amide bonds. The van der Waals surface area contributed by atoms with Gasteiger partial charge in [-0.25, -0.2) is 9.78 Å². The summed E-state index contributed by atoms with van der Waals surface area (Å²) in [6.07, 6.45) is 1.40. The summed E-state index contributed by atoms with van der Waals surface area (Å²) in [6, 6.07) is 1.85. The van der Waals surface area contributed by atoms with Crippen molar-refractivity contribution in [2.75, 3.05) is 18.0 Å². The van der Waals surface area contributed by atoms with Crippen LogP contribution >= 0.6 is 11.3 Å². The number of nitrogens with zero attached hydrogens (tertiary/aromatic N) is 3. The third-order valence-corrected chi connectivity index (χ3v) is 5.18. The first-order valence-electron chi connectivity index (χ1n) is 9.01. The maximum absolute atomic E-state index is 12.7. The first kappa shape index (κ1) is 18.7. The molecule has 1 atom stereocenters. The molecule has 1 fully saturated rings. The van der Waals surface area contributed by atoms with Crippen molar-refractivity contribution < 1.29 is 9.53 Å². The van der Waals surface area contributed by atoms with E-state index in [0.717, 1.165) is 24.9 Å². The van der Waals surface area contributed by atoms with Crippen LogP contribution in [0.25, 0.3) is 10.2 Å². The number of anilines is 1. The SMILES string of the molecule is CCn1c(N2CCCC(NC(=O)OC(C)(C)C)C2)nc2ccsc2c1=O. The van der Waals surface area contributed by atoms with Crippen molar-refractivity contribution >= 4 is 33.6 Å². The maximum Gasteiger partial charge on any atom is 0.407 e. The number of aromatic nitrogens is 2. The molecule has 1 N–H and O–H groups in total. The number of carbonyl (C=O) groups is 1. The van der Waals surface area contributed by atoms with Crippen LogP contribution < -0.4 is 15.8 Å². The summed E-state index contributed by atoms with van der Waals surface area (Å²) < 4.78 is 7.76. The molecule has 1 aliphatic rings. The number of piperidine rings is 1. The third-order valence-electron chi connectivity index (χ3n) is 4.29. The van der Waals surface area contributed by atoms with Crippen LogP contribution in [0.5, 0.6) is 0 Å². The summed E-state index contributed by atoms with van der Waals surface area (Å²) in [6.45, 7) is 9.48. The molecular formula is C18H26N4O3S. The lowest BCUT2D eigenvalue weighted by molar-refractivity contribution is 0.0499. The molecule has 0 saturated carbocycles. The number of fused-ring (bicyclic) bond motifs is 1. The molecular weight excluding hydrogens is 352 g/mol. The van der Waals surface area contributed by atoms with Crippen molar-refractivity contribution in [1.29, 1.82) is 0 Å². The summed E-state index contributed by atoms with van der Waals surface area (Å²) >= 11 is 1.43. The van der Waals surface area contributed by atoms with E-state index in [0.29, 0.717) is 23.7 Å². The first-order valence-corrected chi connectivity index (χ1v) is 9.89. The molecule has 1 unspecified atom stereocenters. The number of rotatable bonds is 3. The lowest BCUT2D eigenvalue weighted by atomic mass is 10.1. The smallest absolute Gasteiger partial charge is 0.407 e. The molecule has 0 radical (unpaired) electrons. The first-order chi connectivity index (χ1) is 12.3. The molecule has 3 heterocycles. The van der Waals surface area contributed by atoms with Gasteiger partial charge in [-0.05, 0) is 52.0 Å².